The highest BCUT2D eigenvalue weighted by Gasteiger charge is 2.56. The molecule has 1 unspecified atom stereocenters. The SMILES string of the molecule is COC(=O)/C=C(/C)C1[C@@H](CO[Si](c2ccccc2)(c2ccccc2)C(C)(C)C)[C@H]2[C@@H](C[C@@H]1C)[C@@H](O[Si](C(C)C)(C(C)C)C(C)C)CC[C@@H]2C. The summed E-state index contributed by atoms with van der Waals surface area (Å²) < 4.78 is 20.7. The zero-order valence-corrected chi connectivity index (χ0v) is 35.1. The van der Waals surface area contributed by atoms with Crippen LogP contribution >= 0.6 is 0 Å². The molecule has 4 nitrogen and oxygen atoms in total. The number of fused-ring (bicyclic) bond motifs is 1. The Kier molecular flexibility index (Phi) is 13.1. The molecule has 2 fully saturated rings. The fourth-order valence-corrected chi connectivity index (χ4v) is 21.2. The lowest BCUT2D eigenvalue weighted by Crippen LogP contribution is -2.67. The first-order chi connectivity index (χ1) is 23.0. The maximum Gasteiger partial charge on any atom is 0.330 e. The Hall–Kier alpha value is -2.00. The molecule has 2 aromatic carbocycles. The number of allylic oxidation sites excluding steroid dienone is 1. The molecule has 4 rings (SSSR count). The summed E-state index contributed by atoms with van der Waals surface area (Å²) >= 11 is 0. The van der Waals surface area contributed by atoms with Crippen molar-refractivity contribution in [1.82, 2.24) is 0 Å². The van der Waals surface area contributed by atoms with E-state index in [0.717, 1.165) is 18.4 Å². The molecule has 2 aliphatic carbocycles. The summed E-state index contributed by atoms with van der Waals surface area (Å²) in [4.78, 5) is 12.7. The molecule has 0 spiro atoms. The zero-order chi connectivity index (χ0) is 36.3. The Balaban J connectivity index is 1.86. The minimum atomic E-state index is -2.77. The highest BCUT2D eigenvalue weighted by Crippen LogP contribution is 2.56. The van der Waals surface area contributed by atoms with Crippen LogP contribution in [0.5, 0.6) is 0 Å². The van der Waals surface area contributed by atoms with Crippen LogP contribution < -0.4 is 10.4 Å². The predicted octanol–water partition coefficient (Wildman–Crippen LogP) is 10.2. The van der Waals surface area contributed by atoms with E-state index in [2.05, 4.69) is 144 Å². The summed E-state index contributed by atoms with van der Waals surface area (Å²) in [6.45, 7) is 29.3. The van der Waals surface area contributed by atoms with Crippen molar-refractivity contribution in [1.29, 1.82) is 0 Å². The molecule has 0 amide bonds. The molecule has 2 saturated carbocycles. The average molecular weight is 705 g/mol. The van der Waals surface area contributed by atoms with Crippen molar-refractivity contribution in [3.05, 3.63) is 72.3 Å². The number of carbonyl (C=O) groups excluding carboxylic acids is 1. The number of carbonyl (C=O) groups is 1. The summed E-state index contributed by atoms with van der Waals surface area (Å²) in [6.07, 6.45) is 5.45. The highest BCUT2D eigenvalue weighted by atomic mass is 28.4. The van der Waals surface area contributed by atoms with Gasteiger partial charge in [-0.15, -0.1) is 0 Å². The van der Waals surface area contributed by atoms with Gasteiger partial charge in [-0.1, -0.05) is 142 Å². The average Bonchev–Trinajstić information content (AvgIpc) is 3.04. The second-order valence-corrected chi connectivity index (χ2v) is 27.3. The van der Waals surface area contributed by atoms with Crippen LogP contribution in [0, 0.1) is 35.5 Å². The van der Waals surface area contributed by atoms with Crippen molar-refractivity contribution >= 4 is 33.0 Å². The number of hydrogen-bond donors (Lipinski definition) is 0. The molecule has 7 atom stereocenters. The standard InChI is InChI=1S/C43H68O4Si2/c1-29(2)48(30(3)4,31(5)6)47-39-25-24-32(7)42-37(39)26-33(8)41(34(9)27-40(44)45-13)38(42)28-46-49(43(10,11)12,35-20-16-14-17-21-35)36-22-18-15-19-23-36/h14-23,27,29-33,37-39,41-42H,24-26,28H2,1-13H3/b34-27-/t32-,33-,37-,38+,39-,41?,42+/m0/s1. The molecule has 0 heterocycles. The van der Waals surface area contributed by atoms with E-state index in [0.29, 0.717) is 46.9 Å². The Morgan fingerprint density at radius 3 is 1.80 bits per heavy atom. The molecule has 0 radical (unpaired) electrons. The summed E-state index contributed by atoms with van der Waals surface area (Å²) in [5.41, 5.74) is 2.79. The van der Waals surface area contributed by atoms with Crippen LogP contribution in [-0.4, -0.2) is 42.4 Å². The van der Waals surface area contributed by atoms with Crippen molar-refractivity contribution in [2.24, 2.45) is 35.5 Å². The van der Waals surface area contributed by atoms with E-state index in [9.17, 15) is 4.79 Å². The van der Waals surface area contributed by atoms with Crippen LogP contribution in [0.15, 0.2) is 72.3 Å². The Morgan fingerprint density at radius 2 is 1.35 bits per heavy atom. The number of ether oxygens (including phenoxy) is 1. The van der Waals surface area contributed by atoms with Gasteiger partial charge in [-0.2, -0.15) is 0 Å². The third-order valence-electron chi connectivity index (χ3n) is 12.8. The fourth-order valence-electron chi connectivity index (χ4n) is 10.9. The minimum Gasteiger partial charge on any atom is -0.466 e. The molecule has 0 aromatic heterocycles. The largest absolute Gasteiger partial charge is 0.466 e. The van der Waals surface area contributed by atoms with Crippen LogP contribution in [0.3, 0.4) is 0 Å². The first-order valence-electron chi connectivity index (χ1n) is 19.2. The van der Waals surface area contributed by atoms with E-state index >= 15 is 0 Å². The normalized spacial score (nSPS) is 27.0. The van der Waals surface area contributed by atoms with Crippen LogP contribution in [0.2, 0.25) is 21.7 Å². The van der Waals surface area contributed by atoms with Gasteiger partial charge >= 0.3 is 5.97 Å². The maximum absolute atomic E-state index is 12.7. The molecule has 2 aromatic rings. The number of rotatable bonds is 12. The van der Waals surface area contributed by atoms with Crippen LogP contribution in [0.1, 0.15) is 102 Å². The number of esters is 1. The number of benzene rings is 2. The third-order valence-corrected chi connectivity index (χ3v) is 23.9. The molecule has 2 aliphatic rings. The lowest BCUT2D eigenvalue weighted by atomic mass is 9.53. The minimum absolute atomic E-state index is 0.109. The number of hydrogen-bond acceptors (Lipinski definition) is 4. The van der Waals surface area contributed by atoms with E-state index in [1.807, 2.05) is 0 Å². The zero-order valence-electron chi connectivity index (χ0n) is 33.1. The topological polar surface area (TPSA) is 44.8 Å². The summed E-state index contributed by atoms with van der Waals surface area (Å²) in [5, 5.41) is 2.52. The van der Waals surface area contributed by atoms with Gasteiger partial charge in [-0.25, -0.2) is 4.79 Å². The first kappa shape index (κ1) is 39.8. The fraction of sp³-hybridized carbons (Fsp3) is 0.651. The summed E-state index contributed by atoms with van der Waals surface area (Å²) in [5.74, 6) is 2.06. The predicted molar refractivity (Wildman–Crippen MR) is 211 cm³/mol. The summed E-state index contributed by atoms with van der Waals surface area (Å²) in [7, 11) is -3.37. The lowest BCUT2D eigenvalue weighted by molar-refractivity contribution is -0.135. The van der Waals surface area contributed by atoms with Gasteiger partial charge in [-0.3, -0.25) is 0 Å². The van der Waals surface area contributed by atoms with Crippen LogP contribution in [-0.2, 0) is 18.4 Å². The van der Waals surface area contributed by atoms with Crippen LogP contribution in [0.4, 0.5) is 0 Å². The van der Waals surface area contributed by atoms with E-state index in [1.54, 1.807) is 6.08 Å². The van der Waals surface area contributed by atoms with Gasteiger partial charge in [0.1, 0.15) is 0 Å². The third kappa shape index (κ3) is 7.78. The van der Waals surface area contributed by atoms with Gasteiger partial charge < -0.3 is 13.6 Å². The van der Waals surface area contributed by atoms with Gasteiger partial charge in [0.2, 0.25) is 8.32 Å². The van der Waals surface area contributed by atoms with Crippen molar-refractivity contribution in [2.75, 3.05) is 13.7 Å². The van der Waals surface area contributed by atoms with E-state index in [-0.39, 0.29) is 28.9 Å². The monoisotopic (exact) mass is 704 g/mol. The molecular formula is C43H68O4Si2. The van der Waals surface area contributed by atoms with Crippen molar-refractivity contribution in [3.63, 3.8) is 0 Å². The van der Waals surface area contributed by atoms with Gasteiger partial charge in [0.05, 0.1) is 7.11 Å². The quantitative estimate of drug-likeness (QED) is 0.125. The van der Waals surface area contributed by atoms with E-state index in [4.69, 9.17) is 13.6 Å². The molecule has 49 heavy (non-hydrogen) atoms. The van der Waals surface area contributed by atoms with E-state index in [1.165, 1.54) is 23.9 Å². The molecule has 272 valence electrons. The second kappa shape index (κ2) is 16.1. The van der Waals surface area contributed by atoms with Crippen molar-refractivity contribution in [3.8, 4) is 0 Å². The van der Waals surface area contributed by atoms with Gasteiger partial charge in [0.25, 0.3) is 8.32 Å². The molecule has 0 N–H and O–H groups in total. The number of methoxy groups -OCH3 is 1. The Morgan fingerprint density at radius 1 is 0.837 bits per heavy atom. The Labute approximate surface area is 302 Å². The smallest absolute Gasteiger partial charge is 0.330 e. The molecule has 0 bridgehead atoms. The van der Waals surface area contributed by atoms with Crippen molar-refractivity contribution < 1.29 is 18.4 Å². The first-order valence-corrected chi connectivity index (χ1v) is 23.3. The molecule has 0 aliphatic heterocycles. The highest BCUT2D eigenvalue weighted by molar-refractivity contribution is 6.99. The van der Waals surface area contributed by atoms with Crippen LogP contribution in [0.25, 0.3) is 0 Å². The Bertz CT molecular complexity index is 1320. The molecular weight excluding hydrogens is 637 g/mol. The maximum atomic E-state index is 12.7. The molecule has 6 heteroatoms. The van der Waals surface area contributed by atoms with Gasteiger partial charge in [0, 0.05) is 18.8 Å². The lowest BCUT2D eigenvalue weighted by Gasteiger charge is -2.57. The van der Waals surface area contributed by atoms with Gasteiger partial charge in [0.15, 0.2) is 0 Å². The summed E-state index contributed by atoms with van der Waals surface area (Å²) in [6, 6.07) is 22.0. The van der Waals surface area contributed by atoms with E-state index < -0.39 is 16.6 Å². The van der Waals surface area contributed by atoms with Crippen molar-refractivity contribution in [2.45, 2.75) is 130 Å². The molecule has 0 saturated heterocycles. The second-order valence-electron chi connectivity index (χ2n) is 17.6. The van der Waals surface area contributed by atoms with Gasteiger partial charge in [-0.05, 0) is 93.7 Å².